The van der Waals surface area contributed by atoms with Crippen molar-refractivity contribution in [3.05, 3.63) is 53.1 Å². The third kappa shape index (κ3) is 5.65. The van der Waals surface area contributed by atoms with Crippen LogP contribution in [0.3, 0.4) is 0 Å². The second kappa shape index (κ2) is 12.2. The first-order chi connectivity index (χ1) is 22.9. The molecule has 4 aliphatic rings. The van der Waals surface area contributed by atoms with Crippen LogP contribution in [0, 0.1) is 0 Å². The Morgan fingerprint density at radius 3 is 2.40 bits per heavy atom. The molecule has 2 N–H and O–H groups in total. The Balaban J connectivity index is 1.36. The summed E-state index contributed by atoms with van der Waals surface area (Å²) in [5.41, 5.74) is 4.69. The molecule has 2 atom stereocenters. The third-order valence-corrected chi connectivity index (χ3v) is 12.2. The summed E-state index contributed by atoms with van der Waals surface area (Å²) in [5, 5.41) is 4.22. The van der Waals surface area contributed by atoms with Gasteiger partial charge in [0.1, 0.15) is 5.75 Å². The number of fused-ring (bicyclic) bond motifs is 7. The van der Waals surface area contributed by atoms with E-state index < -0.39 is 33.5 Å². The van der Waals surface area contributed by atoms with Gasteiger partial charge in [-0.3, -0.25) is 14.4 Å². The number of benzene rings is 2. The highest BCUT2D eigenvalue weighted by molar-refractivity contribution is 7.87. The summed E-state index contributed by atoms with van der Waals surface area (Å²) in [5.74, 6) is -0.853. The van der Waals surface area contributed by atoms with Crippen molar-refractivity contribution in [3.63, 3.8) is 0 Å². The predicted octanol–water partition coefficient (Wildman–Crippen LogP) is 3.03. The quantitative estimate of drug-likeness (QED) is 0.384. The van der Waals surface area contributed by atoms with Crippen LogP contribution in [-0.2, 0) is 26.3 Å². The smallest absolute Gasteiger partial charge is 0.311 e. The monoisotopic (exact) mass is 676 g/mol. The van der Waals surface area contributed by atoms with E-state index in [-0.39, 0.29) is 11.5 Å². The van der Waals surface area contributed by atoms with E-state index in [0.29, 0.717) is 45.1 Å². The Bertz CT molecular complexity index is 1910. The van der Waals surface area contributed by atoms with Gasteiger partial charge in [-0.25, -0.2) is 4.72 Å². The third-order valence-electron chi connectivity index (χ3n) is 10.8. The van der Waals surface area contributed by atoms with Crippen molar-refractivity contribution in [2.24, 2.45) is 0 Å². The fraction of sp³-hybridized carbons (Fsp3) is 0.514. The lowest BCUT2D eigenvalue weighted by Gasteiger charge is -2.32. The number of hydrogen-bond acceptors (Lipinski definition) is 7. The first kappa shape index (κ1) is 32.6. The SMILES string of the molecule is COc1ccc2c(c1)C1CC1(NC(=O)C(=O)N1CCN(C)CC1)Cn1c-2c(C2CCCCC2)c2ccc(C(=O)NS(=O)(=O)N(C)C)cc21. The highest BCUT2D eigenvalue weighted by atomic mass is 32.2. The zero-order chi connectivity index (χ0) is 34.0. The fourth-order valence-corrected chi connectivity index (χ4v) is 8.53. The van der Waals surface area contributed by atoms with Crippen LogP contribution in [0.4, 0.5) is 0 Å². The van der Waals surface area contributed by atoms with Crippen LogP contribution in [0.2, 0.25) is 0 Å². The minimum absolute atomic E-state index is 0.0438. The first-order valence-electron chi connectivity index (χ1n) is 16.8. The molecule has 7 rings (SSSR count). The molecule has 1 aromatic heterocycles. The minimum atomic E-state index is -4.00. The minimum Gasteiger partial charge on any atom is -0.497 e. The number of aromatic nitrogens is 1. The van der Waals surface area contributed by atoms with E-state index >= 15 is 0 Å². The van der Waals surface area contributed by atoms with E-state index in [9.17, 15) is 22.8 Å². The van der Waals surface area contributed by atoms with Crippen molar-refractivity contribution in [3.8, 4) is 17.0 Å². The van der Waals surface area contributed by atoms with Crippen molar-refractivity contribution in [1.82, 2.24) is 28.7 Å². The van der Waals surface area contributed by atoms with E-state index in [1.807, 2.05) is 19.2 Å². The van der Waals surface area contributed by atoms with Crippen molar-refractivity contribution in [1.29, 1.82) is 0 Å². The molecular formula is C35H44N6O6S. The normalized spacial score (nSPS) is 22.8. The number of nitrogens with one attached hydrogen (secondary N) is 2. The maximum absolute atomic E-state index is 13.7. The molecule has 12 nitrogen and oxygen atoms in total. The summed E-state index contributed by atoms with van der Waals surface area (Å²) < 4.78 is 36.1. The van der Waals surface area contributed by atoms with Crippen LogP contribution in [0.25, 0.3) is 22.2 Å². The van der Waals surface area contributed by atoms with Crippen LogP contribution < -0.4 is 14.8 Å². The van der Waals surface area contributed by atoms with Crippen molar-refractivity contribution >= 4 is 38.8 Å². The second-order valence-corrected chi connectivity index (χ2v) is 15.9. The number of amides is 3. The molecular weight excluding hydrogens is 632 g/mol. The van der Waals surface area contributed by atoms with Crippen LogP contribution in [0.1, 0.15) is 71.8 Å². The first-order valence-corrected chi connectivity index (χ1v) is 18.3. The number of nitrogens with zero attached hydrogens (tertiary/aromatic N) is 4. The number of likely N-dealkylation sites (N-methyl/N-ethyl adjacent to an activating group) is 1. The molecule has 0 bridgehead atoms. The standard InChI is InChI=1S/C35H44N6O6S/c1-38(2)48(45,46)37-32(42)23-10-12-26-29(18-23)41-21-35(36-33(43)34(44)40-16-14-39(3)15-17-40)20-28(35)27-19-24(47-4)11-13-25(27)31(41)30(26)22-8-6-5-7-9-22/h10-13,18-19,22,28H,5-9,14-17,20-21H2,1-4H3,(H,36,43)(H,37,42). The number of hydrogen-bond donors (Lipinski definition) is 2. The maximum atomic E-state index is 13.7. The highest BCUT2D eigenvalue weighted by Gasteiger charge is 2.59. The summed E-state index contributed by atoms with van der Waals surface area (Å²) in [6, 6.07) is 11.5. The topological polar surface area (TPSA) is 133 Å². The largest absolute Gasteiger partial charge is 0.497 e. The van der Waals surface area contributed by atoms with Crippen LogP contribution in [-0.4, -0.2) is 105 Å². The van der Waals surface area contributed by atoms with Gasteiger partial charge < -0.3 is 24.4 Å². The number of rotatable bonds is 6. The van der Waals surface area contributed by atoms with E-state index in [4.69, 9.17) is 4.74 Å². The zero-order valence-corrected chi connectivity index (χ0v) is 28.9. The molecule has 13 heteroatoms. The lowest BCUT2D eigenvalue weighted by atomic mass is 9.81. The van der Waals surface area contributed by atoms with Gasteiger partial charge in [0, 0.05) is 74.8 Å². The molecule has 2 aliphatic carbocycles. The molecule has 256 valence electrons. The van der Waals surface area contributed by atoms with Crippen molar-refractivity contribution in [2.45, 2.75) is 62.4 Å². The van der Waals surface area contributed by atoms with Gasteiger partial charge >= 0.3 is 22.0 Å². The number of ether oxygens (including phenoxy) is 1. The molecule has 3 amide bonds. The van der Waals surface area contributed by atoms with Crippen LogP contribution in [0.15, 0.2) is 36.4 Å². The molecule has 2 aliphatic heterocycles. The average Bonchev–Trinajstić information content (AvgIpc) is 3.71. The van der Waals surface area contributed by atoms with Gasteiger partial charge in [-0.1, -0.05) is 25.3 Å². The summed E-state index contributed by atoms with van der Waals surface area (Å²) in [4.78, 5) is 44.1. The van der Waals surface area contributed by atoms with Gasteiger partial charge in [0.2, 0.25) is 0 Å². The van der Waals surface area contributed by atoms with Gasteiger partial charge in [-0.05, 0) is 73.7 Å². The summed E-state index contributed by atoms with van der Waals surface area (Å²) in [6.07, 6.45) is 6.20. The Hall–Kier alpha value is -3.94. The van der Waals surface area contributed by atoms with Gasteiger partial charge in [0.25, 0.3) is 5.91 Å². The van der Waals surface area contributed by atoms with Crippen molar-refractivity contribution < 1.29 is 27.5 Å². The number of piperazine rings is 1. The Morgan fingerprint density at radius 2 is 1.71 bits per heavy atom. The van der Waals surface area contributed by atoms with Gasteiger partial charge in [0.15, 0.2) is 0 Å². The fourth-order valence-electron chi connectivity index (χ4n) is 8.00. The zero-order valence-electron chi connectivity index (χ0n) is 28.0. The average molecular weight is 677 g/mol. The Labute approximate surface area is 281 Å². The van der Waals surface area contributed by atoms with Gasteiger partial charge in [-0.15, -0.1) is 0 Å². The molecule has 3 heterocycles. The summed E-state index contributed by atoms with van der Waals surface area (Å²) >= 11 is 0. The molecule has 0 spiro atoms. The molecule has 3 aromatic rings. The Kier molecular flexibility index (Phi) is 8.28. The molecule has 2 saturated carbocycles. The molecule has 1 saturated heterocycles. The summed E-state index contributed by atoms with van der Waals surface area (Å²) in [6.45, 7) is 2.84. The van der Waals surface area contributed by atoms with Crippen molar-refractivity contribution in [2.75, 3.05) is 54.4 Å². The van der Waals surface area contributed by atoms with E-state index in [2.05, 4.69) is 31.6 Å². The highest BCUT2D eigenvalue weighted by Crippen LogP contribution is 2.60. The molecule has 0 radical (unpaired) electrons. The second-order valence-electron chi connectivity index (χ2n) is 14.0. The lowest BCUT2D eigenvalue weighted by Crippen LogP contribution is -2.54. The Morgan fingerprint density at radius 1 is 0.979 bits per heavy atom. The van der Waals surface area contributed by atoms with Gasteiger partial charge in [-0.2, -0.15) is 12.7 Å². The molecule has 3 fully saturated rings. The molecule has 48 heavy (non-hydrogen) atoms. The predicted molar refractivity (Wildman–Crippen MR) is 182 cm³/mol. The number of carbonyl (C=O) groups is 3. The van der Waals surface area contributed by atoms with Crippen LogP contribution >= 0.6 is 0 Å². The van der Waals surface area contributed by atoms with E-state index in [1.165, 1.54) is 26.1 Å². The van der Waals surface area contributed by atoms with E-state index in [0.717, 1.165) is 63.5 Å². The van der Waals surface area contributed by atoms with Crippen LogP contribution in [0.5, 0.6) is 5.75 Å². The number of carbonyl (C=O) groups excluding carboxylic acids is 3. The number of methoxy groups -OCH3 is 1. The summed E-state index contributed by atoms with van der Waals surface area (Å²) in [7, 11) is 2.38. The maximum Gasteiger partial charge on any atom is 0.311 e. The van der Waals surface area contributed by atoms with Gasteiger partial charge in [0.05, 0.1) is 18.3 Å². The molecule has 2 aromatic carbocycles. The van der Waals surface area contributed by atoms with E-state index in [1.54, 1.807) is 24.1 Å². The lowest BCUT2D eigenvalue weighted by molar-refractivity contribution is -0.147. The molecule has 2 unspecified atom stereocenters.